The second-order valence-corrected chi connectivity index (χ2v) is 6.03. The molecule has 1 heterocycles. The molecular weight excluding hydrogens is 254 g/mol. The van der Waals surface area contributed by atoms with Gasteiger partial charge in [0, 0.05) is 20.2 Å². The smallest absolute Gasteiger partial charge is 0.167 e. The second kappa shape index (κ2) is 7.69. The molecule has 1 fully saturated rings. The average Bonchev–Trinajstić information content (AvgIpc) is 2.87. The van der Waals surface area contributed by atoms with Crippen LogP contribution in [-0.4, -0.2) is 40.5 Å². The Hall–Kier alpha value is -1.01. The van der Waals surface area contributed by atoms with Crippen LogP contribution in [0, 0.1) is 11.8 Å². The number of tetrazole rings is 1. The van der Waals surface area contributed by atoms with Crippen molar-refractivity contribution in [3.05, 3.63) is 5.82 Å². The van der Waals surface area contributed by atoms with Crippen molar-refractivity contribution in [3.8, 4) is 0 Å². The standard InChI is InChI=1S/C14H27N5O/c1-11-5-4-6-13(9-11)10-19-14(16-17-18-19)12(2)15-7-8-20-3/h11-13,15H,4-10H2,1-3H3. The third-order valence-electron chi connectivity index (χ3n) is 4.18. The highest BCUT2D eigenvalue weighted by molar-refractivity contribution is 4.90. The van der Waals surface area contributed by atoms with Crippen molar-refractivity contribution < 1.29 is 4.74 Å². The number of rotatable bonds is 7. The number of methoxy groups -OCH3 is 1. The highest BCUT2D eigenvalue weighted by atomic mass is 16.5. The molecule has 0 saturated heterocycles. The quantitative estimate of drug-likeness (QED) is 0.772. The zero-order chi connectivity index (χ0) is 14.4. The first kappa shape index (κ1) is 15.4. The predicted octanol–water partition coefficient (Wildman–Crippen LogP) is 1.80. The van der Waals surface area contributed by atoms with E-state index in [9.17, 15) is 0 Å². The highest BCUT2D eigenvalue weighted by Gasteiger charge is 2.22. The number of aromatic nitrogens is 4. The van der Waals surface area contributed by atoms with Crippen LogP contribution >= 0.6 is 0 Å². The first-order valence-corrected chi connectivity index (χ1v) is 7.69. The van der Waals surface area contributed by atoms with Crippen LogP contribution in [0.3, 0.4) is 0 Å². The molecule has 1 aromatic rings. The Bertz CT molecular complexity index is 395. The summed E-state index contributed by atoms with van der Waals surface area (Å²) in [5.74, 6) is 2.48. The number of nitrogens with zero attached hydrogens (tertiary/aromatic N) is 4. The summed E-state index contributed by atoms with van der Waals surface area (Å²) in [5, 5.41) is 15.6. The lowest BCUT2D eigenvalue weighted by Crippen LogP contribution is -2.27. The van der Waals surface area contributed by atoms with Gasteiger partial charge >= 0.3 is 0 Å². The van der Waals surface area contributed by atoms with Crippen molar-refractivity contribution in [1.82, 2.24) is 25.5 Å². The summed E-state index contributed by atoms with van der Waals surface area (Å²) in [7, 11) is 1.71. The molecule has 0 aromatic carbocycles. The minimum absolute atomic E-state index is 0.154. The van der Waals surface area contributed by atoms with Crippen LogP contribution < -0.4 is 5.32 Å². The molecule has 6 heteroatoms. The maximum atomic E-state index is 5.05. The molecule has 1 saturated carbocycles. The summed E-state index contributed by atoms with van der Waals surface area (Å²) < 4.78 is 7.03. The Balaban J connectivity index is 1.90. The van der Waals surface area contributed by atoms with E-state index in [0.717, 1.165) is 24.8 Å². The fourth-order valence-corrected chi connectivity index (χ4v) is 3.09. The minimum atomic E-state index is 0.154. The van der Waals surface area contributed by atoms with Crippen molar-refractivity contribution in [2.45, 2.75) is 52.1 Å². The lowest BCUT2D eigenvalue weighted by molar-refractivity contribution is 0.195. The summed E-state index contributed by atoms with van der Waals surface area (Å²) in [4.78, 5) is 0. The summed E-state index contributed by atoms with van der Waals surface area (Å²) >= 11 is 0. The highest BCUT2D eigenvalue weighted by Crippen LogP contribution is 2.29. The Morgan fingerprint density at radius 3 is 3.05 bits per heavy atom. The fraction of sp³-hybridized carbons (Fsp3) is 0.929. The maximum absolute atomic E-state index is 5.05. The van der Waals surface area contributed by atoms with E-state index in [0.29, 0.717) is 12.5 Å². The molecule has 6 nitrogen and oxygen atoms in total. The average molecular weight is 281 g/mol. The topological polar surface area (TPSA) is 64.9 Å². The molecule has 114 valence electrons. The molecule has 1 aliphatic carbocycles. The van der Waals surface area contributed by atoms with E-state index in [2.05, 4.69) is 34.7 Å². The molecule has 0 aliphatic heterocycles. The monoisotopic (exact) mass is 281 g/mol. The van der Waals surface area contributed by atoms with Gasteiger partial charge in [-0.15, -0.1) is 5.10 Å². The lowest BCUT2D eigenvalue weighted by Gasteiger charge is -2.27. The van der Waals surface area contributed by atoms with Crippen LogP contribution in [0.4, 0.5) is 0 Å². The van der Waals surface area contributed by atoms with Crippen LogP contribution in [-0.2, 0) is 11.3 Å². The van der Waals surface area contributed by atoms with Gasteiger partial charge in [-0.1, -0.05) is 19.8 Å². The van der Waals surface area contributed by atoms with Gasteiger partial charge in [0.1, 0.15) is 0 Å². The summed E-state index contributed by atoms with van der Waals surface area (Å²) in [6.07, 6.45) is 5.30. The molecular formula is C14H27N5O. The molecule has 3 atom stereocenters. The van der Waals surface area contributed by atoms with E-state index in [1.165, 1.54) is 25.7 Å². The van der Waals surface area contributed by atoms with Gasteiger partial charge in [-0.05, 0) is 42.0 Å². The van der Waals surface area contributed by atoms with Crippen molar-refractivity contribution in [2.24, 2.45) is 11.8 Å². The third kappa shape index (κ3) is 4.24. The zero-order valence-electron chi connectivity index (χ0n) is 12.9. The van der Waals surface area contributed by atoms with E-state index in [4.69, 9.17) is 4.74 Å². The van der Waals surface area contributed by atoms with Crippen LogP contribution in [0.5, 0.6) is 0 Å². The van der Waals surface area contributed by atoms with Gasteiger partial charge in [0.05, 0.1) is 12.6 Å². The molecule has 1 N–H and O–H groups in total. The molecule has 1 aliphatic rings. The molecule has 0 spiro atoms. The number of ether oxygens (including phenoxy) is 1. The minimum Gasteiger partial charge on any atom is -0.383 e. The largest absolute Gasteiger partial charge is 0.383 e. The van der Waals surface area contributed by atoms with Gasteiger partial charge in [-0.2, -0.15) is 0 Å². The van der Waals surface area contributed by atoms with Crippen LogP contribution in [0.1, 0.15) is 51.4 Å². The SMILES string of the molecule is COCCNC(C)c1nnnn1CC1CCCC(C)C1. The zero-order valence-corrected chi connectivity index (χ0v) is 12.9. The number of hydrogen-bond donors (Lipinski definition) is 1. The Labute approximate surface area is 121 Å². The van der Waals surface area contributed by atoms with Crippen LogP contribution in [0.15, 0.2) is 0 Å². The van der Waals surface area contributed by atoms with Crippen LogP contribution in [0.25, 0.3) is 0 Å². The normalized spacial score (nSPS) is 24.8. The lowest BCUT2D eigenvalue weighted by atomic mass is 9.82. The third-order valence-corrected chi connectivity index (χ3v) is 4.18. The number of hydrogen-bond acceptors (Lipinski definition) is 5. The maximum Gasteiger partial charge on any atom is 0.167 e. The van der Waals surface area contributed by atoms with Gasteiger partial charge < -0.3 is 10.1 Å². The first-order valence-electron chi connectivity index (χ1n) is 7.69. The number of nitrogens with one attached hydrogen (secondary N) is 1. The van der Waals surface area contributed by atoms with E-state index >= 15 is 0 Å². The molecule has 3 unspecified atom stereocenters. The first-order chi connectivity index (χ1) is 9.70. The van der Waals surface area contributed by atoms with E-state index in [-0.39, 0.29) is 6.04 Å². The fourth-order valence-electron chi connectivity index (χ4n) is 3.09. The summed E-state index contributed by atoms with van der Waals surface area (Å²) in [6.45, 7) is 6.91. The molecule has 0 radical (unpaired) electrons. The molecule has 0 amide bonds. The molecule has 1 aromatic heterocycles. The molecule has 0 bridgehead atoms. The van der Waals surface area contributed by atoms with E-state index in [1.807, 2.05) is 4.68 Å². The van der Waals surface area contributed by atoms with Crippen molar-refractivity contribution >= 4 is 0 Å². The summed E-state index contributed by atoms with van der Waals surface area (Å²) in [5.41, 5.74) is 0. The van der Waals surface area contributed by atoms with Gasteiger partial charge in [-0.3, -0.25) is 0 Å². The van der Waals surface area contributed by atoms with Crippen LogP contribution in [0.2, 0.25) is 0 Å². The second-order valence-electron chi connectivity index (χ2n) is 6.03. The van der Waals surface area contributed by atoms with E-state index in [1.54, 1.807) is 7.11 Å². The Morgan fingerprint density at radius 1 is 1.45 bits per heavy atom. The van der Waals surface area contributed by atoms with Gasteiger partial charge in [-0.25, -0.2) is 4.68 Å². The molecule has 20 heavy (non-hydrogen) atoms. The molecule has 2 rings (SSSR count). The van der Waals surface area contributed by atoms with Crippen molar-refractivity contribution in [1.29, 1.82) is 0 Å². The summed E-state index contributed by atoms with van der Waals surface area (Å²) in [6, 6.07) is 0.154. The Kier molecular flexibility index (Phi) is 5.91. The predicted molar refractivity (Wildman–Crippen MR) is 77.2 cm³/mol. The van der Waals surface area contributed by atoms with Gasteiger partial charge in [0.2, 0.25) is 0 Å². The van der Waals surface area contributed by atoms with Gasteiger partial charge in [0.25, 0.3) is 0 Å². The van der Waals surface area contributed by atoms with E-state index < -0.39 is 0 Å². The van der Waals surface area contributed by atoms with Gasteiger partial charge in [0.15, 0.2) is 5.82 Å². The van der Waals surface area contributed by atoms with Crippen molar-refractivity contribution in [2.75, 3.05) is 20.3 Å². The van der Waals surface area contributed by atoms with Crippen molar-refractivity contribution in [3.63, 3.8) is 0 Å². The Morgan fingerprint density at radius 2 is 2.30 bits per heavy atom.